The third kappa shape index (κ3) is 1.77. The summed E-state index contributed by atoms with van der Waals surface area (Å²) in [7, 11) is 0. The van der Waals surface area contributed by atoms with E-state index in [1.807, 2.05) is 13.3 Å². The van der Waals surface area contributed by atoms with Crippen LogP contribution in [0.3, 0.4) is 0 Å². The average Bonchev–Trinajstić information content (AvgIpc) is 2.60. The lowest BCUT2D eigenvalue weighted by Gasteiger charge is -2.28. The summed E-state index contributed by atoms with van der Waals surface area (Å²) in [6.07, 6.45) is 6.48. The summed E-state index contributed by atoms with van der Waals surface area (Å²) in [5.41, 5.74) is 2.29. The molecule has 0 N–H and O–H groups in total. The number of hydrogen-bond donors (Lipinski definition) is 0. The summed E-state index contributed by atoms with van der Waals surface area (Å²) in [6, 6.07) is 2.79. The minimum Gasteiger partial charge on any atom is -0.330 e. The lowest BCUT2D eigenvalue weighted by atomic mass is 9.85. The quantitative estimate of drug-likeness (QED) is 0.704. The first kappa shape index (κ1) is 10.2. The zero-order valence-corrected chi connectivity index (χ0v) is 9.40. The first-order valence-electron chi connectivity index (χ1n) is 5.63. The van der Waals surface area contributed by atoms with Crippen molar-refractivity contribution in [2.75, 3.05) is 0 Å². The van der Waals surface area contributed by atoms with E-state index in [1.165, 1.54) is 18.5 Å². The van der Waals surface area contributed by atoms with E-state index >= 15 is 0 Å². The molecule has 15 heavy (non-hydrogen) atoms. The summed E-state index contributed by atoms with van der Waals surface area (Å²) in [6.45, 7) is 4.11. The van der Waals surface area contributed by atoms with Gasteiger partial charge in [0, 0.05) is 5.69 Å². The minimum absolute atomic E-state index is 0.172. The molecule has 1 heterocycles. The van der Waals surface area contributed by atoms with Crippen LogP contribution in [0.1, 0.15) is 43.1 Å². The van der Waals surface area contributed by atoms with Gasteiger partial charge in [0.25, 0.3) is 0 Å². The van der Waals surface area contributed by atoms with E-state index < -0.39 is 0 Å². The molecule has 2 atom stereocenters. The van der Waals surface area contributed by atoms with Crippen LogP contribution in [0.4, 0.5) is 0 Å². The fraction of sp³-hybridized carbons (Fsp3) is 0.667. The zero-order chi connectivity index (χ0) is 10.8. The van der Waals surface area contributed by atoms with Crippen LogP contribution in [0.2, 0.25) is 0 Å². The van der Waals surface area contributed by atoms with Crippen LogP contribution in [0.25, 0.3) is 0 Å². The molecule has 0 aromatic carbocycles. The molecule has 1 aliphatic carbocycles. The highest BCUT2D eigenvalue weighted by Gasteiger charge is 2.27. The fourth-order valence-electron chi connectivity index (χ4n) is 2.44. The van der Waals surface area contributed by atoms with Gasteiger partial charge in [0.15, 0.2) is 0 Å². The van der Waals surface area contributed by atoms with E-state index in [0.717, 1.165) is 18.5 Å². The fourth-order valence-corrected chi connectivity index (χ4v) is 2.44. The largest absolute Gasteiger partial charge is 0.330 e. The van der Waals surface area contributed by atoms with Crippen molar-refractivity contribution in [2.24, 2.45) is 5.92 Å². The van der Waals surface area contributed by atoms with Crippen molar-refractivity contribution in [3.05, 3.63) is 17.7 Å². The molecule has 0 amide bonds. The molecule has 0 spiro atoms. The van der Waals surface area contributed by atoms with E-state index in [2.05, 4.69) is 22.5 Å². The Morgan fingerprint density at radius 1 is 1.40 bits per heavy atom. The van der Waals surface area contributed by atoms with E-state index in [-0.39, 0.29) is 5.92 Å². The second kappa shape index (κ2) is 4.06. The number of nitriles is 1. The van der Waals surface area contributed by atoms with Gasteiger partial charge in [-0.25, -0.2) is 4.98 Å². The third-order valence-corrected chi connectivity index (χ3v) is 3.54. The second-order valence-corrected chi connectivity index (χ2v) is 4.41. The summed E-state index contributed by atoms with van der Waals surface area (Å²) in [5, 5.41) is 9.14. The van der Waals surface area contributed by atoms with Gasteiger partial charge >= 0.3 is 0 Å². The number of rotatable bonds is 1. The van der Waals surface area contributed by atoms with Crippen molar-refractivity contribution in [1.29, 1.82) is 5.26 Å². The molecule has 0 saturated heterocycles. The average molecular weight is 203 g/mol. The SMILES string of the molecule is Cc1ncn(C2CCCCC2C#N)c1C. The topological polar surface area (TPSA) is 41.6 Å². The molecule has 0 radical (unpaired) electrons. The van der Waals surface area contributed by atoms with Gasteiger partial charge in [0.05, 0.1) is 30.1 Å². The van der Waals surface area contributed by atoms with Crippen LogP contribution < -0.4 is 0 Å². The van der Waals surface area contributed by atoms with Crippen molar-refractivity contribution >= 4 is 0 Å². The Hall–Kier alpha value is -1.30. The van der Waals surface area contributed by atoms with Crippen LogP contribution in [0.5, 0.6) is 0 Å². The smallest absolute Gasteiger partial charge is 0.0954 e. The maximum atomic E-state index is 9.14. The number of aryl methyl sites for hydroxylation is 1. The summed E-state index contributed by atoms with van der Waals surface area (Å²) in [5.74, 6) is 0.172. The summed E-state index contributed by atoms with van der Waals surface area (Å²) in [4.78, 5) is 4.31. The van der Waals surface area contributed by atoms with Crippen LogP contribution in [-0.2, 0) is 0 Å². The van der Waals surface area contributed by atoms with Gasteiger partial charge < -0.3 is 4.57 Å². The van der Waals surface area contributed by atoms with Gasteiger partial charge in [-0.05, 0) is 26.7 Å². The molecule has 1 fully saturated rings. The Kier molecular flexibility index (Phi) is 2.77. The number of imidazole rings is 1. The molecule has 1 saturated carbocycles. The molecule has 1 aromatic heterocycles. The molecule has 80 valence electrons. The molecular weight excluding hydrogens is 186 g/mol. The van der Waals surface area contributed by atoms with Crippen molar-refractivity contribution in [3.8, 4) is 6.07 Å². The normalized spacial score (nSPS) is 26.2. The molecule has 1 aliphatic rings. The predicted octanol–water partition coefficient (Wildman–Crippen LogP) is 2.75. The Bertz CT molecular complexity index is 386. The van der Waals surface area contributed by atoms with E-state index in [0.29, 0.717) is 6.04 Å². The Balaban J connectivity index is 2.29. The molecule has 0 bridgehead atoms. The first-order valence-corrected chi connectivity index (χ1v) is 5.63. The number of hydrogen-bond acceptors (Lipinski definition) is 2. The van der Waals surface area contributed by atoms with Gasteiger partial charge in [0.1, 0.15) is 0 Å². The molecule has 3 heteroatoms. The summed E-state index contributed by atoms with van der Waals surface area (Å²) < 4.78 is 2.20. The lowest BCUT2D eigenvalue weighted by molar-refractivity contribution is 0.286. The maximum Gasteiger partial charge on any atom is 0.0954 e. The van der Waals surface area contributed by atoms with E-state index in [9.17, 15) is 0 Å². The minimum atomic E-state index is 0.172. The summed E-state index contributed by atoms with van der Waals surface area (Å²) >= 11 is 0. The van der Waals surface area contributed by atoms with Crippen molar-refractivity contribution in [3.63, 3.8) is 0 Å². The number of aromatic nitrogens is 2. The Morgan fingerprint density at radius 2 is 2.13 bits per heavy atom. The highest BCUT2D eigenvalue weighted by Crippen LogP contribution is 2.34. The van der Waals surface area contributed by atoms with E-state index in [1.54, 1.807) is 0 Å². The zero-order valence-electron chi connectivity index (χ0n) is 9.40. The molecule has 1 aromatic rings. The standard InChI is InChI=1S/C12H17N3/c1-9-10(2)15(8-14-9)12-6-4-3-5-11(12)7-13/h8,11-12H,3-6H2,1-2H3. The van der Waals surface area contributed by atoms with Gasteiger partial charge in [-0.1, -0.05) is 12.8 Å². The number of nitrogens with zero attached hydrogens (tertiary/aromatic N) is 3. The van der Waals surface area contributed by atoms with Crippen molar-refractivity contribution < 1.29 is 0 Å². The lowest BCUT2D eigenvalue weighted by Crippen LogP contribution is -2.22. The Labute approximate surface area is 90.7 Å². The van der Waals surface area contributed by atoms with Gasteiger partial charge in [-0.2, -0.15) is 5.26 Å². The monoisotopic (exact) mass is 203 g/mol. The van der Waals surface area contributed by atoms with E-state index in [4.69, 9.17) is 5.26 Å². The molecule has 2 rings (SSSR count). The van der Waals surface area contributed by atoms with Crippen molar-refractivity contribution in [2.45, 2.75) is 45.6 Å². The van der Waals surface area contributed by atoms with Crippen molar-refractivity contribution in [1.82, 2.24) is 9.55 Å². The van der Waals surface area contributed by atoms with Crippen LogP contribution in [-0.4, -0.2) is 9.55 Å². The highest BCUT2D eigenvalue weighted by atomic mass is 15.1. The molecular formula is C12H17N3. The highest BCUT2D eigenvalue weighted by molar-refractivity contribution is 5.11. The maximum absolute atomic E-state index is 9.14. The van der Waals surface area contributed by atoms with Gasteiger partial charge in [-0.3, -0.25) is 0 Å². The van der Waals surface area contributed by atoms with Crippen LogP contribution in [0, 0.1) is 31.1 Å². The second-order valence-electron chi connectivity index (χ2n) is 4.41. The molecule has 0 aliphatic heterocycles. The van der Waals surface area contributed by atoms with Gasteiger partial charge in [-0.15, -0.1) is 0 Å². The van der Waals surface area contributed by atoms with Crippen LogP contribution >= 0.6 is 0 Å². The Morgan fingerprint density at radius 3 is 2.73 bits per heavy atom. The van der Waals surface area contributed by atoms with Crippen LogP contribution in [0.15, 0.2) is 6.33 Å². The third-order valence-electron chi connectivity index (χ3n) is 3.54. The molecule has 3 nitrogen and oxygen atoms in total. The molecule has 2 unspecified atom stereocenters. The van der Waals surface area contributed by atoms with Gasteiger partial charge in [0.2, 0.25) is 0 Å². The predicted molar refractivity (Wildman–Crippen MR) is 58.3 cm³/mol. The first-order chi connectivity index (χ1) is 7.24.